The Kier molecular flexibility index (Phi) is 20.4. The second-order valence-corrected chi connectivity index (χ2v) is 12.2. The predicted octanol–water partition coefficient (Wildman–Crippen LogP) is 9.00. The fourth-order valence-electron chi connectivity index (χ4n) is 4.79. The number of unbranched alkanes of at least 4 members (excludes halogenated alkanes) is 10. The molecule has 0 aromatic carbocycles. The van der Waals surface area contributed by atoms with Crippen molar-refractivity contribution in [1.82, 2.24) is 0 Å². The van der Waals surface area contributed by atoms with Crippen molar-refractivity contribution in [3.05, 3.63) is 0 Å². The van der Waals surface area contributed by atoms with Crippen LogP contribution in [0.4, 0.5) is 0 Å². The zero-order valence-corrected chi connectivity index (χ0v) is 24.7. The Labute approximate surface area is 218 Å². The van der Waals surface area contributed by atoms with Gasteiger partial charge in [-0.3, -0.25) is 9.59 Å². The first-order chi connectivity index (χ1) is 16.6. The second kappa shape index (κ2) is 21.1. The lowest BCUT2D eigenvalue weighted by atomic mass is 9.74. The Morgan fingerprint density at radius 2 is 0.971 bits per heavy atom. The molecule has 0 heterocycles. The van der Waals surface area contributed by atoms with Gasteiger partial charge in [0.05, 0.1) is 19.1 Å². The van der Waals surface area contributed by atoms with Gasteiger partial charge in [0.25, 0.3) is 0 Å². The molecule has 0 aliphatic rings. The van der Waals surface area contributed by atoms with E-state index in [4.69, 9.17) is 9.47 Å². The van der Waals surface area contributed by atoms with Crippen molar-refractivity contribution in [2.24, 2.45) is 35.5 Å². The van der Waals surface area contributed by atoms with Crippen LogP contribution in [-0.4, -0.2) is 25.2 Å². The molecular weight excluding hydrogens is 436 g/mol. The van der Waals surface area contributed by atoms with Gasteiger partial charge in [0.15, 0.2) is 0 Å². The van der Waals surface area contributed by atoms with E-state index in [-0.39, 0.29) is 17.9 Å². The van der Waals surface area contributed by atoms with E-state index in [1.54, 1.807) is 0 Å². The zero-order chi connectivity index (χ0) is 26.6. The molecule has 0 bridgehead atoms. The highest BCUT2D eigenvalue weighted by atomic mass is 16.5. The Morgan fingerprint density at radius 3 is 1.40 bits per heavy atom. The summed E-state index contributed by atoms with van der Waals surface area (Å²) in [6.07, 6.45) is 15.3. The zero-order valence-electron chi connectivity index (χ0n) is 24.7. The average Bonchev–Trinajstić information content (AvgIpc) is 2.77. The number of hydrogen-bond acceptors (Lipinski definition) is 4. The maximum absolute atomic E-state index is 12.8. The van der Waals surface area contributed by atoms with Gasteiger partial charge >= 0.3 is 11.9 Å². The van der Waals surface area contributed by atoms with Crippen LogP contribution < -0.4 is 0 Å². The molecule has 0 aliphatic heterocycles. The van der Waals surface area contributed by atoms with Gasteiger partial charge in [0.1, 0.15) is 0 Å². The Bertz CT molecular complexity index is 524. The van der Waals surface area contributed by atoms with Crippen LogP contribution in [-0.2, 0) is 19.1 Å². The fraction of sp³-hybridized carbons (Fsp3) is 0.935. The summed E-state index contributed by atoms with van der Waals surface area (Å²) in [5, 5.41) is 0. The van der Waals surface area contributed by atoms with Gasteiger partial charge in [-0.15, -0.1) is 0 Å². The van der Waals surface area contributed by atoms with Crippen molar-refractivity contribution in [3.63, 3.8) is 0 Å². The van der Waals surface area contributed by atoms with Crippen molar-refractivity contribution in [3.8, 4) is 0 Å². The van der Waals surface area contributed by atoms with Crippen molar-refractivity contribution < 1.29 is 19.1 Å². The second-order valence-electron chi connectivity index (χ2n) is 12.2. The van der Waals surface area contributed by atoms with Crippen molar-refractivity contribution in [2.45, 2.75) is 139 Å². The first-order valence-corrected chi connectivity index (χ1v) is 14.9. The minimum atomic E-state index is -0.0378. The van der Waals surface area contributed by atoms with Gasteiger partial charge < -0.3 is 9.47 Å². The van der Waals surface area contributed by atoms with Crippen LogP contribution in [0.3, 0.4) is 0 Å². The highest BCUT2D eigenvalue weighted by Gasteiger charge is 2.34. The van der Waals surface area contributed by atoms with Crippen LogP contribution in [0.2, 0.25) is 0 Å². The first kappa shape index (κ1) is 33.9. The summed E-state index contributed by atoms with van der Waals surface area (Å²) in [5.74, 6) is 2.02. The highest BCUT2D eigenvalue weighted by molar-refractivity contribution is 5.73. The summed E-state index contributed by atoms with van der Waals surface area (Å²) in [6, 6.07) is 0. The molecule has 0 amide bonds. The maximum atomic E-state index is 12.8. The number of carbonyl (C=O) groups is 2. The molecule has 0 saturated heterocycles. The standard InChI is InChI=1S/C31H60O4/c1-24(2)22-34-29(32)21-19-17-15-13-11-9-10-12-14-16-18-20-28(26(5)6)30(27(7)8)31(33)35-23-25(3)4/h24-28,30H,9-23H2,1-8H3. The van der Waals surface area contributed by atoms with E-state index in [1.165, 1.54) is 57.8 Å². The summed E-state index contributed by atoms with van der Waals surface area (Å²) in [6.45, 7) is 18.2. The molecule has 4 heteroatoms. The summed E-state index contributed by atoms with van der Waals surface area (Å²) in [7, 11) is 0. The topological polar surface area (TPSA) is 52.6 Å². The molecule has 2 atom stereocenters. The first-order valence-electron chi connectivity index (χ1n) is 14.9. The average molecular weight is 497 g/mol. The van der Waals surface area contributed by atoms with E-state index >= 15 is 0 Å². The van der Waals surface area contributed by atoms with Gasteiger partial charge in [0, 0.05) is 6.42 Å². The summed E-state index contributed by atoms with van der Waals surface area (Å²) in [5.41, 5.74) is 0. The van der Waals surface area contributed by atoms with Crippen LogP contribution >= 0.6 is 0 Å². The Hall–Kier alpha value is -1.06. The van der Waals surface area contributed by atoms with E-state index in [1.807, 2.05) is 0 Å². The van der Waals surface area contributed by atoms with Crippen LogP contribution in [0.5, 0.6) is 0 Å². The molecule has 0 radical (unpaired) electrons. The summed E-state index contributed by atoms with van der Waals surface area (Å²) >= 11 is 0. The van der Waals surface area contributed by atoms with Gasteiger partial charge in [-0.1, -0.05) is 120 Å². The minimum Gasteiger partial charge on any atom is -0.465 e. The number of carbonyl (C=O) groups excluding carboxylic acids is 2. The van der Waals surface area contributed by atoms with Gasteiger partial charge in [0.2, 0.25) is 0 Å². The Morgan fingerprint density at radius 1 is 0.543 bits per heavy atom. The normalized spacial score (nSPS) is 13.6. The molecular formula is C31H60O4. The minimum absolute atomic E-state index is 0.0125. The lowest BCUT2D eigenvalue weighted by molar-refractivity contribution is -0.154. The third kappa shape index (κ3) is 18.8. The monoisotopic (exact) mass is 496 g/mol. The molecule has 0 saturated carbocycles. The molecule has 0 aromatic rings. The smallest absolute Gasteiger partial charge is 0.309 e. The lowest BCUT2D eigenvalue weighted by Crippen LogP contribution is -2.34. The number of esters is 2. The molecule has 0 spiro atoms. The third-order valence-corrected chi connectivity index (χ3v) is 6.86. The van der Waals surface area contributed by atoms with Crippen molar-refractivity contribution >= 4 is 11.9 Å². The molecule has 0 rings (SSSR count). The summed E-state index contributed by atoms with van der Waals surface area (Å²) in [4.78, 5) is 24.4. The van der Waals surface area contributed by atoms with E-state index in [9.17, 15) is 9.59 Å². The third-order valence-electron chi connectivity index (χ3n) is 6.86. The van der Waals surface area contributed by atoms with Crippen molar-refractivity contribution in [2.75, 3.05) is 13.2 Å². The SMILES string of the molecule is CC(C)COC(=O)CCCCCCCCCCCCCC(C(C)C)C(C(=O)OCC(C)C)C(C)C. The van der Waals surface area contributed by atoms with Crippen LogP contribution in [0, 0.1) is 35.5 Å². The number of ether oxygens (including phenoxy) is 2. The van der Waals surface area contributed by atoms with E-state index < -0.39 is 0 Å². The predicted molar refractivity (Wildman–Crippen MR) is 148 cm³/mol. The van der Waals surface area contributed by atoms with Gasteiger partial charge in [-0.2, -0.15) is 0 Å². The molecule has 0 aromatic heterocycles. The largest absolute Gasteiger partial charge is 0.465 e. The van der Waals surface area contributed by atoms with E-state index in [0.29, 0.717) is 49.2 Å². The number of rotatable bonds is 22. The summed E-state index contributed by atoms with van der Waals surface area (Å²) < 4.78 is 10.9. The van der Waals surface area contributed by atoms with E-state index in [2.05, 4.69) is 55.4 Å². The van der Waals surface area contributed by atoms with Crippen LogP contribution in [0.25, 0.3) is 0 Å². The Balaban J connectivity index is 3.89. The maximum Gasteiger partial charge on any atom is 0.309 e. The lowest BCUT2D eigenvalue weighted by Gasteiger charge is -2.31. The number of hydrogen-bond donors (Lipinski definition) is 0. The molecule has 35 heavy (non-hydrogen) atoms. The highest BCUT2D eigenvalue weighted by Crippen LogP contribution is 2.33. The molecule has 4 nitrogen and oxygen atoms in total. The van der Waals surface area contributed by atoms with Crippen LogP contribution in [0.1, 0.15) is 139 Å². The van der Waals surface area contributed by atoms with Gasteiger partial charge in [-0.05, 0) is 42.4 Å². The van der Waals surface area contributed by atoms with Crippen LogP contribution in [0.15, 0.2) is 0 Å². The quantitative estimate of drug-likeness (QED) is 0.111. The molecule has 2 unspecified atom stereocenters. The van der Waals surface area contributed by atoms with Gasteiger partial charge in [-0.25, -0.2) is 0 Å². The van der Waals surface area contributed by atoms with Crippen molar-refractivity contribution in [1.29, 1.82) is 0 Å². The molecule has 0 fully saturated rings. The molecule has 0 N–H and O–H groups in total. The molecule has 208 valence electrons. The fourth-order valence-corrected chi connectivity index (χ4v) is 4.79. The van der Waals surface area contributed by atoms with E-state index in [0.717, 1.165) is 19.3 Å². The molecule has 0 aliphatic carbocycles.